The van der Waals surface area contributed by atoms with E-state index in [2.05, 4.69) is 11.4 Å². The number of piperidine rings is 1. The number of amides is 1. The average Bonchev–Trinajstić information content (AvgIpc) is 2.78. The summed E-state index contributed by atoms with van der Waals surface area (Å²) in [4.78, 5) is 12.5. The third-order valence-electron chi connectivity index (χ3n) is 5.78. The fourth-order valence-electron chi connectivity index (χ4n) is 4.11. The molecule has 1 N–H and O–H groups in total. The number of nitrogens with zero attached hydrogens (tertiary/aromatic N) is 1. The number of anilines is 1. The van der Waals surface area contributed by atoms with Crippen molar-refractivity contribution in [3.05, 3.63) is 53.6 Å². The van der Waals surface area contributed by atoms with E-state index in [0.717, 1.165) is 32.1 Å². The zero-order chi connectivity index (χ0) is 21.0. The van der Waals surface area contributed by atoms with E-state index >= 15 is 0 Å². The van der Waals surface area contributed by atoms with Crippen molar-refractivity contribution in [3.8, 4) is 5.75 Å². The van der Waals surface area contributed by atoms with Crippen molar-refractivity contribution in [1.29, 1.82) is 0 Å². The normalized spacial score (nSPS) is 17.2. The number of carbonyl (C=O) groups excluding carboxylic acids is 1. The van der Waals surface area contributed by atoms with Crippen LogP contribution >= 0.6 is 0 Å². The number of rotatable bonds is 6. The SMILES string of the molecule is O=C(COc1ccc2c(c1)CCCC2)Nc1ccc(S(=O)(=O)N2CCCCC2)cc1. The Labute approximate surface area is 178 Å². The molecule has 1 aliphatic heterocycles. The molecule has 7 heteroatoms. The lowest BCUT2D eigenvalue weighted by Crippen LogP contribution is -2.35. The third kappa shape index (κ3) is 4.84. The van der Waals surface area contributed by atoms with E-state index in [1.54, 1.807) is 24.3 Å². The van der Waals surface area contributed by atoms with Crippen LogP contribution in [0.4, 0.5) is 5.69 Å². The van der Waals surface area contributed by atoms with Gasteiger partial charge in [0.15, 0.2) is 6.61 Å². The summed E-state index contributed by atoms with van der Waals surface area (Å²) >= 11 is 0. The molecule has 0 unspecified atom stereocenters. The van der Waals surface area contributed by atoms with Gasteiger partial charge in [-0.25, -0.2) is 8.42 Å². The lowest BCUT2D eigenvalue weighted by atomic mass is 9.92. The molecule has 0 bridgehead atoms. The first-order valence-electron chi connectivity index (χ1n) is 10.7. The highest BCUT2D eigenvalue weighted by Gasteiger charge is 2.25. The van der Waals surface area contributed by atoms with Crippen LogP contribution in [0.3, 0.4) is 0 Å². The molecule has 0 radical (unpaired) electrons. The summed E-state index contributed by atoms with van der Waals surface area (Å²) in [6, 6.07) is 12.4. The zero-order valence-electron chi connectivity index (χ0n) is 17.1. The van der Waals surface area contributed by atoms with Gasteiger partial charge in [-0.1, -0.05) is 12.5 Å². The van der Waals surface area contributed by atoms with Crippen molar-refractivity contribution in [1.82, 2.24) is 4.31 Å². The van der Waals surface area contributed by atoms with Crippen LogP contribution < -0.4 is 10.1 Å². The van der Waals surface area contributed by atoms with Crippen LogP contribution in [0, 0.1) is 0 Å². The van der Waals surface area contributed by atoms with Crippen LogP contribution in [0.5, 0.6) is 5.75 Å². The van der Waals surface area contributed by atoms with Crippen molar-refractivity contribution in [3.63, 3.8) is 0 Å². The van der Waals surface area contributed by atoms with Crippen LogP contribution in [0.25, 0.3) is 0 Å². The van der Waals surface area contributed by atoms with Crippen LogP contribution in [-0.4, -0.2) is 38.3 Å². The number of hydrogen-bond donors (Lipinski definition) is 1. The topological polar surface area (TPSA) is 75.7 Å². The van der Waals surface area contributed by atoms with E-state index in [1.165, 1.54) is 28.3 Å². The van der Waals surface area contributed by atoms with E-state index in [9.17, 15) is 13.2 Å². The molecule has 4 rings (SSSR count). The zero-order valence-corrected chi connectivity index (χ0v) is 17.9. The predicted molar refractivity (Wildman–Crippen MR) is 116 cm³/mol. The number of carbonyl (C=O) groups is 1. The summed E-state index contributed by atoms with van der Waals surface area (Å²) < 4.78 is 32.6. The Bertz CT molecular complexity index is 996. The first kappa shape index (κ1) is 20.9. The Kier molecular flexibility index (Phi) is 6.39. The number of benzene rings is 2. The molecule has 1 fully saturated rings. The second-order valence-corrected chi connectivity index (χ2v) is 9.90. The molecule has 0 saturated carbocycles. The van der Waals surface area contributed by atoms with Gasteiger partial charge in [-0.3, -0.25) is 4.79 Å². The molecule has 0 aromatic heterocycles. The number of hydrogen-bond acceptors (Lipinski definition) is 4. The minimum absolute atomic E-state index is 0.0907. The quantitative estimate of drug-likeness (QED) is 0.760. The largest absolute Gasteiger partial charge is 0.484 e. The van der Waals surface area contributed by atoms with Crippen molar-refractivity contribution in [2.45, 2.75) is 49.8 Å². The third-order valence-corrected chi connectivity index (χ3v) is 7.69. The van der Waals surface area contributed by atoms with Crippen molar-refractivity contribution in [2.75, 3.05) is 25.0 Å². The fourth-order valence-corrected chi connectivity index (χ4v) is 5.63. The Morgan fingerprint density at radius 1 is 0.900 bits per heavy atom. The van der Waals surface area contributed by atoms with Gasteiger partial charge in [0.1, 0.15) is 5.75 Å². The van der Waals surface area contributed by atoms with Crippen LogP contribution in [-0.2, 0) is 27.7 Å². The lowest BCUT2D eigenvalue weighted by molar-refractivity contribution is -0.118. The predicted octanol–water partition coefficient (Wildman–Crippen LogP) is 3.76. The van der Waals surface area contributed by atoms with Gasteiger partial charge in [0.05, 0.1) is 4.90 Å². The van der Waals surface area contributed by atoms with Gasteiger partial charge < -0.3 is 10.1 Å². The summed E-state index contributed by atoms with van der Waals surface area (Å²) in [5.41, 5.74) is 3.23. The van der Waals surface area contributed by atoms with Gasteiger partial charge in [-0.05, 0) is 86.1 Å². The lowest BCUT2D eigenvalue weighted by Gasteiger charge is -2.25. The molecule has 160 valence electrons. The maximum Gasteiger partial charge on any atom is 0.262 e. The monoisotopic (exact) mass is 428 g/mol. The molecule has 1 saturated heterocycles. The van der Waals surface area contributed by atoms with E-state index in [1.807, 2.05) is 12.1 Å². The number of ether oxygens (including phenoxy) is 1. The molecule has 0 atom stereocenters. The number of aryl methyl sites for hydroxylation is 2. The molecule has 2 aliphatic rings. The highest BCUT2D eigenvalue weighted by atomic mass is 32.2. The van der Waals surface area contributed by atoms with Gasteiger partial charge in [0.25, 0.3) is 5.91 Å². The number of fused-ring (bicyclic) bond motifs is 1. The second-order valence-electron chi connectivity index (χ2n) is 7.96. The Morgan fingerprint density at radius 2 is 1.60 bits per heavy atom. The highest BCUT2D eigenvalue weighted by Crippen LogP contribution is 2.25. The molecule has 2 aromatic carbocycles. The molecular weight excluding hydrogens is 400 g/mol. The van der Waals surface area contributed by atoms with Gasteiger partial charge >= 0.3 is 0 Å². The minimum Gasteiger partial charge on any atom is -0.484 e. The Balaban J connectivity index is 1.32. The molecule has 30 heavy (non-hydrogen) atoms. The van der Waals surface area contributed by atoms with Gasteiger partial charge in [-0.15, -0.1) is 0 Å². The molecule has 1 amide bonds. The summed E-state index contributed by atoms with van der Waals surface area (Å²) in [6.07, 6.45) is 7.47. The van der Waals surface area contributed by atoms with Crippen molar-refractivity contribution < 1.29 is 17.9 Å². The minimum atomic E-state index is -3.47. The number of nitrogens with one attached hydrogen (secondary N) is 1. The molecule has 1 heterocycles. The first-order chi connectivity index (χ1) is 14.5. The average molecular weight is 429 g/mol. The standard InChI is InChI=1S/C23H28N2O4S/c26-23(17-29-21-11-8-18-6-2-3-7-19(18)16-21)24-20-9-12-22(13-10-20)30(27,28)25-14-4-1-5-15-25/h8-13,16H,1-7,14-15,17H2,(H,24,26). The van der Waals surface area contributed by atoms with E-state index in [4.69, 9.17) is 4.74 Å². The second kappa shape index (κ2) is 9.18. The fraction of sp³-hybridized carbons (Fsp3) is 0.435. The molecule has 0 spiro atoms. The van der Waals surface area contributed by atoms with E-state index < -0.39 is 10.0 Å². The number of sulfonamides is 1. The molecule has 6 nitrogen and oxygen atoms in total. The van der Waals surface area contributed by atoms with Crippen molar-refractivity contribution in [2.24, 2.45) is 0 Å². The Morgan fingerprint density at radius 3 is 2.33 bits per heavy atom. The van der Waals surface area contributed by atoms with Gasteiger partial charge in [0.2, 0.25) is 10.0 Å². The summed E-state index contributed by atoms with van der Waals surface area (Å²) in [5, 5.41) is 2.76. The summed E-state index contributed by atoms with van der Waals surface area (Å²) in [7, 11) is -3.47. The van der Waals surface area contributed by atoms with E-state index in [0.29, 0.717) is 24.5 Å². The van der Waals surface area contributed by atoms with Crippen LogP contribution in [0.2, 0.25) is 0 Å². The molecular formula is C23H28N2O4S. The molecule has 1 aliphatic carbocycles. The van der Waals surface area contributed by atoms with Gasteiger partial charge in [-0.2, -0.15) is 4.31 Å². The van der Waals surface area contributed by atoms with Crippen LogP contribution in [0.15, 0.2) is 47.4 Å². The van der Waals surface area contributed by atoms with E-state index in [-0.39, 0.29) is 17.4 Å². The first-order valence-corrected chi connectivity index (χ1v) is 12.1. The smallest absolute Gasteiger partial charge is 0.262 e. The highest BCUT2D eigenvalue weighted by molar-refractivity contribution is 7.89. The van der Waals surface area contributed by atoms with Crippen molar-refractivity contribution >= 4 is 21.6 Å². The Hall–Kier alpha value is -2.38. The summed E-state index contributed by atoms with van der Waals surface area (Å²) in [5.74, 6) is 0.424. The van der Waals surface area contributed by atoms with Gasteiger partial charge in [0, 0.05) is 18.8 Å². The molecule has 2 aromatic rings. The maximum absolute atomic E-state index is 12.7. The maximum atomic E-state index is 12.7. The summed E-state index contributed by atoms with van der Waals surface area (Å²) in [6.45, 7) is 1.05. The van der Waals surface area contributed by atoms with Crippen LogP contribution in [0.1, 0.15) is 43.2 Å².